The van der Waals surface area contributed by atoms with Crippen LogP contribution >= 0.6 is 11.3 Å². The van der Waals surface area contributed by atoms with E-state index in [1.165, 1.54) is 0 Å². The molecule has 1 aromatic carbocycles. The van der Waals surface area contributed by atoms with Crippen LogP contribution in [0, 0.1) is 5.92 Å². The predicted molar refractivity (Wildman–Crippen MR) is 96.1 cm³/mol. The fraction of sp³-hybridized carbons (Fsp3) is 0.389. The molecule has 1 atom stereocenters. The lowest BCUT2D eigenvalue weighted by Gasteiger charge is -2.37. The summed E-state index contributed by atoms with van der Waals surface area (Å²) in [6, 6.07) is 11.8. The molecular formula is C18H20N4O2S. The van der Waals surface area contributed by atoms with E-state index in [4.69, 9.17) is 0 Å². The van der Waals surface area contributed by atoms with Crippen molar-refractivity contribution in [2.75, 3.05) is 0 Å². The van der Waals surface area contributed by atoms with Crippen molar-refractivity contribution < 1.29 is 9.90 Å². The molecule has 2 aromatic heterocycles. The van der Waals surface area contributed by atoms with Crippen molar-refractivity contribution in [1.29, 1.82) is 0 Å². The third-order valence-corrected chi connectivity index (χ3v) is 5.71. The monoisotopic (exact) mass is 356 g/mol. The van der Waals surface area contributed by atoms with Crippen molar-refractivity contribution in [3.05, 3.63) is 46.7 Å². The van der Waals surface area contributed by atoms with Gasteiger partial charge in [0.15, 0.2) is 0 Å². The molecule has 7 heteroatoms. The second-order valence-electron chi connectivity index (χ2n) is 6.50. The summed E-state index contributed by atoms with van der Waals surface area (Å²) in [4.78, 5) is 13.6. The third-order valence-electron chi connectivity index (χ3n) is 4.76. The third kappa shape index (κ3) is 3.43. The van der Waals surface area contributed by atoms with Crippen LogP contribution in [-0.2, 0) is 11.3 Å². The molecule has 1 amide bonds. The Balaban J connectivity index is 1.40. The molecule has 0 saturated heterocycles. The number of nitrogens with zero attached hydrogens (tertiary/aromatic N) is 3. The van der Waals surface area contributed by atoms with E-state index in [0.717, 1.165) is 28.8 Å². The summed E-state index contributed by atoms with van der Waals surface area (Å²) in [5.41, 5.74) is 1.77. The Bertz CT molecular complexity index is 855. The molecule has 0 aliphatic heterocycles. The molecule has 1 aliphatic carbocycles. The number of carbonyl (C=O) groups excluding carboxylic acids is 1. The van der Waals surface area contributed by atoms with Crippen molar-refractivity contribution in [3.63, 3.8) is 0 Å². The van der Waals surface area contributed by atoms with E-state index >= 15 is 0 Å². The van der Waals surface area contributed by atoms with Gasteiger partial charge in [-0.1, -0.05) is 23.4 Å². The number of thiophene rings is 1. The zero-order chi connectivity index (χ0) is 17.2. The first-order valence-electron chi connectivity index (χ1n) is 8.50. The molecule has 25 heavy (non-hydrogen) atoms. The van der Waals surface area contributed by atoms with E-state index in [1.54, 1.807) is 16.0 Å². The summed E-state index contributed by atoms with van der Waals surface area (Å²) in [5.74, 6) is 0.309. The minimum atomic E-state index is -0.231. The zero-order valence-electron chi connectivity index (χ0n) is 13.7. The van der Waals surface area contributed by atoms with Crippen LogP contribution in [0.5, 0.6) is 0 Å². The average molecular weight is 356 g/mol. The average Bonchev–Trinajstić information content (AvgIpc) is 3.25. The Morgan fingerprint density at radius 2 is 2.16 bits per heavy atom. The largest absolute Gasteiger partial charge is 0.393 e. The molecule has 6 nitrogen and oxygen atoms in total. The molecule has 0 radical (unpaired) electrons. The Hall–Kier alpha value is -2.25. The van der Waals surface area contributed by atoms with Crippen LogP contribution < -0.4 is 5.32 Å². The number of para-hydroxylation sites is 1. The number of aromatic nitrogens is 3. The molecule has 1 aliphatic rings. The minimum absolute atomic E-state index is 0.000582. The molecule has 2 N–H and O–H groups in total. The highest BCUT2D eigenvalue weighted by Crippen LogP contribution is 2.39. The standard InChI is InChI=1S/C18H20N4O2S/c23-13-10-12(11-13)18(16-6-3-9-25-16)19-17(24)7-8-22-15-5-2-1-4-14(15)20-21-22/h1-6,9,12-13,18,23H,7-8,10-11H2,(H,19,24)/t12?,13?,18-/m1/s1. The number of benzene rings is 1. The lowest BCUT2D eigenvalue weighted by atomic mass is 9.76. The number of nitrogens with one attached hydrogen (secondary N) is 1. The maximum atomic E-state index is 12.5. The number of hydrogen-bond acceptors (Lipinski definition) is 5. The van der Waals surface area contributed by atoms with Gasteiger partial charge in [-0.05, 0) is 42.3 Å². The topological polar surface area (TPSA) is 80.0 Å². The molecule has 3 aromatic rings. The van der Waals surface area contributed by atoms with Crippen LogP contribution in [0.3, 0.4) is 0 Å². The first-order chi connectivity index (χ1) is 12.2. The van der Waals surface area contributed by atoms with Crippen molar-refractivity contribution in [3.8, 4) is 0 Å². The molecule has 0 spiro atoms. The molecule has 1 saturated carbocycles. The van der Waals surface area contributed by atoms with Crippen molar-refractivity contribution in [2.24, 2.45) is 5.92 Å². The second kappa shape index (κ2) is 6.93. The van der Waals surface area contributed by atoms with E-state index < -0.39 is 0 Å². The van der Waals surface area contributed by atoms with Gasteiger partial charge in [0.25, 0.3) is 0 Å². The minimum Gasteiger partial charge on any atom is -0.393 e. The van der Waals surface area contributed by atoms with Crippen molar-refractivity contribution in [1.82, 2.24) is 20.3 Å². The number of aliphatic hydroxyl groups excluding tert-OH is 1. The maximum absolute atomic E-state index is 12.5. The van der Waals surface area contributed by atoms with Gasteiger partial charge in [-0.2, -0.15) is 0 Å². The number of hydrogen-bond donors (Lipinski definition) is 2. The predicted octanol–water partition coefficient (Wildman–Crippen LogP) is 2.51. The highest BCUT2D eigenvalue weighted by molar-refractivity contribution is 7.10. The maximum Gasteiger partial charge on any atom is 0.222 e. The molecular weight excluding hydrogens is 336 g/mol. The van der Waals surface area contributed by atoms with Gasteiger partial charge in [0, 0.05) is 11.3 Å². The van der Waals surface area contributed by atoms with Gasteiger partial charge >= 0.3 is 0 Å². The fourth-order valence-electron chi connectivity index (χ4n) is 3.33. The number of rotatable bonds is 6. The first kappa shape index (κ1) is 16.2. The van der Waals surface area contributed by atoms with Gasteiger partial charge in [-0.25, -0.2) is 4.68 Å². The van der Waals surface area contributed by atoms with Gasteiger partial charge < -0.3 is 10.4 Å². The summed E-state index contributed by atoms with van der Waals surface area (Å²) in [7, 11) is 0. The lowest BCUT2D eigenvalue weighted by molar-refractivity contribution is -0.123. The molecule has 130 valence electrons. The van der Waals surface area contributed by atoms with Gasteiger partial charge in [0.2, 0.25) is 5.91 Å². The van der Waals surface area contributed by atoms with Gasteiger partial charge in [-0.15, -0.1) is 16.4 Å². The molecule has 1 fully saturated rings. The van der Waals surface area contributed by atoms with E-state index in [2.05, 4.69) is 15.6 Å². The summed E-state index contributed by atoms with van der Waals surface area (Å²) >= 11 is 1.65. The van der Waals surface area contributed by atoms with Crippen LogP contribution in [0.15, 0.2) is 41.8 Å². The number of fused-ring (bicyclic) bond motifs is 1. The molecule has 4 rings (SSSR count). The smallest absolute Gasteiger partial charge is 0.222 e. The molecule has 0 unspecified atom stereocenters. The summed E-state index contributed by atoms with van der Waals surface area (Å²) < 4.78 is 1.77. The summed E-state index contributed by atoms with van der Waals surface area (Å²) in [5, 5.41) is 23.0. The Morgan fingerprint density at radius 1 is 1.32 bits per heavy atom. The van der Waals surface area contributed by atoms with Gasteiger partial charge in [-0.3, -0.25) is 4.79 Å². The number of amides is 1. The van der Waals surface area contributed by atoms with E-state index in [-0.39, 0.29) is 18.1 Å². The summed E-state index contributed by atoms with van der Waals surface area (Å²) in [6.07, 6.45) is 1.61. The SMILES string of the molecule is O=C(CCn1nnc2ccccc21)N[C@@H](c1cccs1)C1CC(O)C1. The van der Waals surface area contributed by atoms with Crippen molar-refractivity contribution >= 4 is 28.3 Å². The molecule has 2 heterocycles. The van der Waals surface area contributed by atoms with Crippen LogP contribution in [0.4, 0.5) is 0 Å². The molecule has 0 bridgehead atoms. The fourth-order valence-corrected chi connectivity index (χ4v) is 4.20. The number of carbonyl (C=O) groups is 1. The highest BCUT2D eigenvalue weighted by Gasteiger charge is 2.36. The van der Waals surface area contributed by atoms with E-state index in [9.17, 15) is 9.90 Å². The van der Waals surface area contributed by atoms with Gasteiger partial charge in [0.1, 0.15) is 5.52 Å². The number of aryl methyl sites for hydroxylation is 1. The highest BCUT2D eigenvalue weighted by atomic mass is 32.1. The van der Waals surface area contributed by atoms with Gasteiger partial charge in [0.05, 0.1) is 24.2 Å². The van der Waals surface area contributed by atoms with Crippen molar-refractivity contribution in [2.45, 2.75) is 38.0 Å². The normalized spacial score (nSPS) is 21.0. The van der Waals surface area contributed by atoms with E-state index in [1.807, 2.05) is 41.8 Å². The van der Waals surface area contributed by atoms with Crippen LogP contribution in [-0.4, -0.2) is 32.1 Å². The summed E-state index contributed by atoms with van der Waals surface area (Å²) in [6.45, 7) is 0.497. The van der Waals surface area contributed by atoms with Crippen LogP contribution in [0.1, 0.15) is 30.2 Å². The Kier molecular flexibility index (Phi) is 4.50. The first-order valence-corrected chi connectivity index (χ1v) is 9.38. The Labute approximate surface area is 149 Å². The lowest BCUT2D eigenvalue weighted by Crippen LogP contribution is -2.41. The Morgan fingerprint density at radius 3 is 2.92 bits per heavy atom. The van der Waals surface area contributed by atoms with Crippen LogP contribution in [0.25, 0.3) is 11.0 Å². The zero-order valence-corrected chi connectivity index (χ0v) is 14.5. The quantitative estimate of drug-likeness (QED) is 0.711. The van der Waals surface area contributed by atoms with Crippen LogP contribution in [0.2, 0.25) is 0 Å². The second-order valence-corrected chi connectivity index (χ2v) is 7.48. The van der Waals surface area contributed by atoms with E-state index in [0.29, 0.717) is 18.9 Å². The number of aliphatic hydroxyl groups is 1.